The van der Waals surface area contributed by atoms with Gasteiger partial charge in [-0.2, -0.15) is 0 Å². The molecule has 0 radical (unpaired) electrons. The van der Waals surface area contributed by atoms with Gasteiger partial charge in [0.15, 0.2) is 0 Å². The Labute approximate surface area is 135 Å². The lowest BCUT2D eigenvalue weighted by Crippen LogP contribution is -2.46. The highest BCUT2D eigenvalue weighted by Crippen LogP contribution is 2.34. The Kier molecular flexibility index (Phi) is 6.45. The molecule has 0 aromatic heterocycles. The first-order valence-electron chi connectivity index (χ1n) is 8.79. The number of carbonyl (C=O) groups is 1. The molecule has 0 spiro atoms. The third-order valence-electron chi connectivity index (χ3n) is 5.12. The van der Waals surface area contributed by atoms with Crippen LogP contribution in [0.2, 0.25) is 0 Å². The van der Waals surface area contributed by atoms with E-state index in [0.29, 0.717) is 12.3 Å². The number of hydrogen-bond acceptors (Lipinski definition) is 3. The molecule has 4 nitrogen and oxygen atoms in total. The number of amides is 1. The van der Waals surface area contributed by atoms with Gasteiger partial charge in [-0.3, -0.25) is 4.79 Å². The van der Waals surface area contributed by atoms with Crippen LogP contribution in [0.4, 0.5) is 0 Å². The van der Waals surface area contributed by atoms with Crippen LogP contribution in [0.3, 0.4) is 0 Å². The second-order valence-electron chi connectivity index (χ2n) is 7.36. The van der Waals surface area contributed by atoms with Crippen LogP contribution < -0.4 is 0 Å². The lowest BCUT2D eigenvalue weighted by molar-refractivity contribution is -0.130. The molecule has 2 fully saturated rings. The third-order valence-corrected chi connectivity index (χ3v) is 5.12. The molecule has 1 N–H and O–H groups in total. The summed E-state index contributed by atoms with van der Waals surface area (Å²) in [5.74, 6) is 0.307. The average Bonchev–Trinajstić information content (AvgIpc) is 3.05. The van der Waals surface area contributed by atoms with Gasteiger partial charge in [0.05, 0.1) is 6.61 Å². The van der Waals surface area contributed by atoms with Gasteiger partial charge in [-0.15, -0.1) is 0 Å². The van der Waals surface area contributed by atoms with Crippen LogP contribution in [0, 0.1) is 5.41 Å². The number of carbonyl (C=O) groups excluding carboxylic acids is 1. The molecule has 4 heteroatoms. The zero-order valence-corrected chi connectivity index (χ0v) is 14.3. The average molecular weight is 308 g/mol. The van der Waals surface area contributed by atoms with E-state index in [4.69, 9.17) is 0 Å². The SMILES string of the molecule is CC(C)=CC[C@]1(CO)CCCN(CCC(=O)N2CCCC2)C1. The van der Waals surface area contributed by atoms with Gasteiger partial charge in [-0.05, 0) is 52.5 Å². The summed E-state index contributed by atoms with van der Waals surface area (Å²) >= 11 is 0. The van der Waals surface area contributed by atoms with Crippen molar-refractivity contribution in [3.05, 3.63) is 11.6 Å². The minimum atomic E-state index is -0.00773. The van der Waals surface area contributed by atoms with Gasteiger partial charge >= 0.3 is 0 Å². The van der Waals surface area contributed by atoms with Gasteiger partial charge in [0.2, 0.25) is 5.91 Å². The van der Waals surface area contributed by atoms with E-state index in [9.17, 15) is 9.90 Å². The number of nitrogens with zero attached hydrogens (tertiary/aromatic N) is 2. The normalized spacial score (nSPS) is 26.2. The van der Waals surface area contributed by atoms with E-state index in [2.05, 4.69) is 24.8 Å². The van der Waals surface area contributed by atoms with Crippen LogP contribution in [-0.4, -0.2) is 60.1 Å². The van der Waals surface area contributed by atoms with Crippen molar-refractivity contribution < 1.29 is 9.90 Å². The fourth-order valence-electron chi connectivity index (χ4n) is 3.66. The maximum absolute atomic E-state index is 12.2. The minimum Gasteiger partial charge on any atom is -0.396 e. The van der Waals surface area contributed by atoms with Crippen LogP contribution in [0.5, 0.6) is 0 Å². The summed E-state index contributed by atoms with van der Waals surface area (Å²) in [6.45, 7) is 9.17. The number of piperidine rings is 1. The summed E-state index contributed by atoms with van der Waals surface area (Å²) in [5, 5.41) is 9.89. The lowest BCUT2D eigenvalue weighted by atomic mass is 9.77. The van der Waals surface area contributed by atoms with Gasteiger partial charge in [0.1, 0.15) is 0 Å². The fourth-order valence-corrected chi connectivity index (χ4v) is 3.66. The maximum Gasteiger partial charge on any atom is 0.223 e. The quantitative estimate of drug-likeness (QED) is 0.767. The smallest absolute Gasteiger partial charge is 0.223 e. The number of hydrogen-bond donors (Lipinski definition) is 1. The van der Waals surface area contributed by atoms with Gasteiger partial charge < -0.3 is 14.9 Å². The Morgan fingerprint density at radius 1 is 1.18 bits per heavy atom. The number of rotatable bonds is 6. The minimum absolute atomic E-state index is 0.00773. The van der Waals surface area contributed by atoms with Crippen LogP contribution in [0.1, 0.15) is 52.4 Å². The first-order valence-corrected chi connectivity index (χ1v) is 8.79. The van der Waals surface area contributed by atoms with E-state index in [1.807, 2.05) is 4.90 Å². The molecule has 0 aromatic carbocycles. The number of likely N-dealkylation sites (tertiary alicyclic amines) is 2. The van der Waals surface area contributed by atoms with Gasteiger partial charge in [-0.25, -0.2) is 0 Å². The van der Waals surface area contributed by atoms with E-state index in [-0.39, 0.29) is 12.0 Å². The van der Waals surface area contributed by atoms with E-state index in [1.54, 1.807) is 0 Å². The van der Waals surface area contributed by atoms with Gasteiger partial charge in [0, 0.05) is 38.0 Å². The Hall–Kier alpha value is -0.870. The van der Waals surface area contributed by atoms with Gasteiger partial charge in [-0.1, -0.05) is 11.6 Å². The summed E-state index contributed by atoms with van der Waals surface area (Å²) in [5.41, 5.74) is 1.31. The molecule has 2 saturated heterocycles. The third kappa shape index (κ3) is 4.82. The largest absolute Gasteiger partial charge is 0.396 e. The number of allylic oxidation sites excluding steroid dienone is 2. The molecule has 0 aliphatic carbocycles. The molecular formula is C18H32N2O2. The molecule has 0 saturated carbocycles. The van der Waals surface area contributed by atoms with Gasteiger partial charge in [0.25, 0.3) is 0 Å². The molecule has 2 aliphatic rings. The lowest BCUT2D eigenvalue weighted by Gasteiger charge is -2.41. The second-order valence-corrected chi connectivity index (χ2v) is 7.36. The molecule has 0 aromatic rings. The van der Waals surface area contributed by atoms with Crippen molar-refractivity contribution in [1.82, 2.24) is 9.80 Å². The molecule has 1 atom stereocenters. The van der Waals surface area contributed by atoms with Crippen molar-refractivity contribution in [2.24, 2.45) is 5.41 Å². The summed E-state index contributed by atoms with van der Waals surface area (Å²) < 4.78 is 0. The van der Waals surface area contributed by atoms with Crippen molar-refractivity contribution in [1.29, 1.82) is 0 Å². The monoisotopic (exact) mass is 308 g/mol. The molecule has 2 aliphatic heterocycles. The van der Waals surface area contributed by atoms with Crippen molar-refractivity contribution in [2.75, 3.05) is 39.3 Å². The Balaban J connectivity index is 1.83. The predicted octanol–water partition coefficient (Wildman–Crippen LogP) is 2.43. The highest BCUT2D eigenvalue weighted by molar-refractivity contribution is 5.76. The standard InChI is InChI=1S/C18H32N2O2/c1-16(2)6-9-18(15-21)8-5-10-19(14-18)13-7-17(22)20-11-3-4-12-20/h6,21H,3-5,7-15H2,1-2H3/t18-/m1/s1. The summed E-state index contributed by atoms with van der Waals surface area (Å²) in [6.07, 6.45) is 8.35. The van der Waals surface area contributed by atoms with Crippen LogP contribution in [0.15, 0.2) is 11.6 Å². The van der Waals surface area contributed by atoms with Crippen molar-refractivity contribution in [3.63, 3.8) is 0 Å². The fraction of sp³-hybridized carbons (Fsp3) is 0.833. The molecule has 2 heterocycles. The van der Waals surface area contributed by atoms with Crippen LogP contribution in [-0.2, 0) is 4.79 Å². The summed E-state index contributed by atoms with van der Waals surface area (Å²) in [6, 6.07) is 0. The topological polar surface area (TPSA) is 43.8 Å². The summed E-state index contributed by atoms with van der Waals surface area (Å²) in [4.78, 5) is 16.6. The molecule has 126 valence electrons. The number of aliphatic hydroxyl groups excluding tert-OH is 1. The summed E-state index contributed by atoms with van der Waals surface area (Å²) in [7, 11) is 0. The van der Waals surface area contributed by atoms with Crippen LogP contribution >= 0.6 is 0 Å². The molecule has 0 bridgehead atoms. The van der Waals surface area contributed by atoms with E-state index in [0.717, 1.165) is 64.8 Å². The van der Waals surface area contributed by atoms with Crippen molar-refractivity contribution in [2.45, 2.75) is 52.4 Å². The highest BCUT2D eigenvalue weighted by atomic mass is 16.3. The van der Waals surface area contributed by atoms with E-state index >= 15 is 0 Å². The van der Waals surface area contributed by atoms with Crippen LogP contribution in [0.25, 0.3) is 0 Å². The Morgan fingerprint density at radius 2 is 1.91 bits per heavy atom. The van der Waals surface area contributed by atoms with E-state index < -0.39 is 0 Å². The first kappa shape index (κ1) is 17.5. The second kappa shape index (κ2) is 8.11. The maximum atomic E-state index is 12.2. The predicted molar refractivity (Wildman–Crippen MR) is 89.7 cm³/mol. The molecule has 1 amide bonds. The zero-order valence-electron chi connectivity index (χ0n) is 14.3. The van der Waals surface area contributed by atoms with E-state index in [1.165, 1.54) is 5.57 Å². The Morgan fingerprint density at radius 3 is 2.55 bits per heavy atom. The van der Waals surface area contributed by atoms with Crippen molar-refractivity contribution >= 4 is 5.91 Å². The number of aliphatic hydroxyl groups is 1. The molecular weight excluding hydrogens is 276 g/mol. The zero-order chi connectivity index (χ0) is 16.0. The van der Waals surface area contributed by atoms with Crippen molar-refractivity contribution in [3.8, 4) is 0 Å². The Bertz CT molecular complexity index is 398. The first-order chi connectivity index (χ1) is 10.5. The molecule has 2 rings (SSSR count). The molecule has 0 unspecified atom stereocenters. The molecule has 22 heavy (non-hydrogen) atoms. The highest BCUT2D eigenvalue weighted by Gasteiger charge is 2.34.